The summed E-state index contributed by atoms with van der Waals surface area (Å²) in [4.78, 5) is 39.4. The standard InChI is InChI=1S/C28H24ClNO7S/c1-3-35-23-16-18(15-22(29)25(23)37-27(32)19-9-11-20(34-2)12-10-19)17-24-26(31)30(28(33)38-24)13-14-36-21-7-5-4-6-8-21/h4-12,15-17H,3,13-14H2,1-2H3/b24-17-. The van der Waals surface area contributed by atoms with Gasteiger partial charge in [-0.15, -0.1) is 0 Å². The fourth-order valence-electron chi connectivity index (χ4n) is 3.53. The van der Waals surface area contributed by atoms with Crippen molar-refractivity contribution in [1.29, 1.82) is 0 Å². The molecule has 0 spiro atoms. The van der Waals surface area contributed by atoms with Crippen LogP contribution in [0.4, 0.5) is 4.79 Å². The molecule has 4 rings (SSSR count). The van der Waals surface area contributed by atoms with Crippen LogP contribution >= 0.6 is 23.4 Å². The van der Waals surface area contributed by atoms with E-state index in [0.717, 1.165) is 16.7 Å². The number of esters is 1. The number of hydrogen-bond donors (Lipinski definition) is 0. The second-order valence-corrected chi connectivity index (χ2v) is 9.28. The van der Waals surface area contributed by atoms with E-state index in [9.17, 15) is 14.4 Å². The number of para-hydroxylation sites is 1. The second kappa shape index (κ2) is 12.5. The predicted molar refractivity (Wildman–Crippen MR) is 145 cm³/mol. The number of benzene rings is 3. The third kappa shape index (κ3) is 6.48. The Morgan fingerprint density at radius 3 is 2.42 bits per heavy atom. The van der Waals surface area contributed by atoms with Crippen molar-refractivity contribution >= 4 is 46.6 Å². The zero-order valence-electron chi connectivity index (χ0n) is 20.6. The van der Waals surface area contributed by atoms with Gasteiger partial charge in [-0.05, 0) is 78.9 Å². The Bertz CT molecular complexity index is 1360. The Kier molecular flexibility index (Phi) is 8.93. The van der Waals surface area contributed by atoms with Crippen molar-refractivity contribution in [3.8, 4) is 23.0 Å². The summed E-state index contributed by atoms with van der Waals surface area (Å²) >= 11 is 7.29. The quantitative estimate of drug-likeness (QED) is 0.169. The van der Waals surface area contributed by atoms with E-state index >= 15 is 0 Å². The number of halogens is 1. The minimum absolute atomic E-state index is 0.0534. The van der Waals surface area contributed by atoms with Gasteiger partial charge in [0.1, 0.15) is 18.1 Å². The maximum Gasteiger partial charge on any atom is 0.343 e. The first kappa shape index (κ1) is 27.1. The third-order valence-electron chi connectivity index (χ3n) is 5.35. The van der Waals surface area contributed by atoms with Crippen LogP contribution in [0.1, 0.15) is 22.8 Å². The number of rotatable bonds is 10. The van der Waals surface area contributed by atoms with E-state index in [2.05, 4.69) is 0 Å². The summed E-state index contributed by atoms with van der Waals surface area (Å²) in [6.07, 6.45) is 1.55. The highest BCUT2D eigenvalue weighted by Crippen LogP contribution is 2.39. The van der Waals surface area contributed by atoms with Crippen LogP contribution in [0, 0.1) is 0 Å². The van der Waals surface area contributed by atoms with Gasteiger partial charge in [-0.3, -0.25) is 14.5 Å². The highest BCUT2D eigenvalue weighted by Gasteiger charge is 2.35. The molecular formula is C28H24ClNO7S. The Balaban J connectivity index is 1.49. The lowest BCUT2D eigenvalue weighted by Gasteiger charge is -2.14. The number of nitrogens with zero attached hydrogens (tertiary/aromatic N) is 1. The van der Waals surface area contributed by atoms with Gasteiger partial charge in [0.25, 0.3) is 11.1 Å². The lowest BCUT2D eigenvalue weighted by molar-refractivity contribution is -0.123. The molecule has 1 saturated heterocycles. The average molecular weight is 554 g/mol. The molecule has 1 aliphatic heterocycles. The van der Waals surface area contributed by atoms with E-state index < -0.39 is 11.9 Å². The summed E-state index contributed by atoms with van der Waals surface area (Å²) in [5.74, 6) is 0.483. The average Bonchev–Trinajstić information content (AvgIpc) is 3.18. The van der Waals surface area contributed by atoms with Gasteiger partial charge >= 0.3 is 5.97 Å². The molecule has 1 aliphatic rings. The molecule has 0 N–H and O–H groups in total. The Morgan fingerprint density at radius 2 is 1.74 bits per heavy atom. The first-order chi connectivity index (χ1) is 18.4. The minimum atomic E-state index is -0.623. The molecule has 8 nitrogen and oxygen atoms in total. The number of imide groups is 1. The number of thioether (sulfide) groups is 1. The van der Waals surface area contributed by atoms with E-state index in [4.69, 9.17) is 30.5 Å². The first-order valence-corrected chi connectivity index (χ1v) is 12.8. The molecule has 0 radical (unpaired) electrons. The fourth-order valence-corrected chi connectivity index (χ4v) is 4.65. The lowest BCUT2D eigenvalue weighted by atomic mass is 10.1. The van der Waals surface area contributed by atoms with Crippen molar-refractivity contribution in [1.82, 2.24) is 4.90 Å². The van der Waals surface area contributed by atoms with Crippen molar-refractivity contribution in [2.75, 3.05) is 26.9 Å². The largest absolute Gasteiger partial charge is 0.497 e. The third-order valence-corrected chi connectivity index (χ3v) is 6.54. The number of methoxy groups -OCH3 is 1. The van der Waals surface area contributed by atoms with Crippen molar-refractivity contribution in [2.24, 2.45) is 0 Å². The van der Waals surface area contributed by atoms with Crippen molar-refractivity contribution in [2.45, 2.75) is 6.92 Å². The molecule has 0 atom stereocenters. The number of carbonyl (C=O) groups excluding carboxylic acids is 3. The predicted octanol–water partition coefficient (Wildman–Crippen LogP) is 6.08. The summed E-state index contributed by atoms with van der Waals surface area (Å²) in [7, 11) is 1.53. The van der Waals surface area contributed by atoms with Crippen LogP contribution in [0.25, 0.3) is 6.08 Å². The molecule has 1 heterocycles. The van der Waals surface area contributed by atoms with Gasteiger partial charge in [0.2, 0.25) is 0 Å². The Hall–Kier alpha value is -3.95. The molecule has 1 fully saturated rings. The van der Waals surface area contributed by atoms with E-state index in [-0.39, 0.29) is 46.4 Å². The number of carbonyl (C=O) groups is 3. The zero-order chi connectivity index (χ0) is 27.1. The van der Waals surface area contributed by atoms with Gasteiger partial charge in [-0.25, -0.2) is 4.79 Å². The van der Waals surface area contributed by atoms with Crippen LogP contribution in [0.2, 0.25) is 5.02 Å². The van der Waals surface area contributed by atoms with Gasteiger partial charge in [0, 0.05) is 0 Å². The monoisotopic (exact) mass is 553 g/mol. The molecule has 2 amide bonds. The molecule has 0 unspecified atom stereocenters. The Labute approximate surface area is 229 Å². The Morgan fingerprint density at radius 1 is 1.00 bits per heavy atom. The molecule has 0 aliphatic carbocycles. The topological polar surface area (TPSA) is 91.4 Å². The van der Waals surface area contributed by atoms with Gasteiger partial charge in [0.15, 0.2) is 11.5 Å². The van der Waals surface area contributed by atoms with E-state index in [1.54, 1.807) is 55.5 Å². The van der Waals surface area contributed by atoms with Crippen LogP contribution in [-0.4, -0.2) is 48.9 Å². The summed E-state index contributed by atoms with van der Waals surface area (Å²) in [5.41, 5.74) is 0.812. The molecule has 0 saturated carbocycles. The van der Waals surface area contributed by atoms with Crippen LogP contribution in [-0.2, 0) is 4.79 Å². The molecule has 0 aromatic heterocycles. The second-order valence-electron chi connectivity index (χ2n) is 7.88. The number of ether oxygens (including phenoxy) is 4. The molecule has 3 aromatic rings. The fraction of sp³-hybridized carbons (Fsp3) is 0.179. The molecule has 10 heteroatoms. The van der Waals surface area contributed by atoms with Crippen LogP contribution < -0.4 is 18.9 Å². The normalized spacial score (nSPS) is 14.1. The number of hydrogen-bond acceptors (Lipinski definition) is 8. The summed E-state index contributed by atoms with van der Waals surface area (Å²) in [5, 5.41) is -0.279. The highest BCUT2D eigenvalue weighted by atomic mass is 35.5. The smallest absolute Gasteiger partial charge is 0.343 e. The van der Waals surface area contributed by atoms with Crippen LogP contribution in [0.15, 0.2) is 71.6 Å². The van der Waals surface area contributed by atoms with Crippen LogP contribution in [0.5, 0.6) is 23.0 Å². The van der Waals surface area contributed by atoms with Crippen molar-refractivity contribution < 1.29 is 33.3 Å². The molecule has 38 heavy (non-hydrogen) atoms. The van der Waals surface area contributed by atoms with Crippen molar-refractivity contribution in [3.63, 3.8) is 0 Å². The summed E-state index contributed by atoms with van der Waals surface area (Å²) in [6.45, 7) is 2.34. The maximum absolute atomic E-state index is 12.9. The first-order valence-electron chi connectivity index (χ1n) is 11.7. The van der Waals surface area contributed by atoms with E-state index in [1.165, 1.54) is 13.2 Å². The van der Waals surface area contributed by atoms with Gasteiger partial charge in [0.05, 0.1) is 35.8 Å². The molecule has 196 valence electrons. The summed E-state index contributed by atoms with van der Waals surface area (Å²) < 4.78 is 21.9. The highest BCUT2D eigenvalue weighted by molar-refractivity contribution is 8.18. The summed E-state index contributed by atoms with van der Waals surface area (Å²) in [6, 6.07) is 18.7. The maximum atomic E-state index is 12.9. The minimum Gasteiger partial charge on any atom is -0.497 e. The van der Waals surface area contributed by atoms with E-state index in [0.29, 0.717) is 22.6 Å². The SMILES string of the molecule is CCOc1cc(/C=C2\SC(=O)N(CCOc3ccccc3)C2=O)cc(Cl)c1OC(=O)c1ccc(OC)cc1. The van der Waals surface area contributed by atoms with Gasteiger partial charge in [-0.1, -0.05) is 29.8 Å². The van der Waals surface area contributed by atoms with E-state index in [1.807, 2.05) is 18.2 Å². The van der Waals surface area contributed by atoms with Crippen molar-refractivity contribution in [3.05, 3.63) is 87.8 Å². The molecular weight excluding hydrogens is 530 g/mol. The van der Waals surface area contributed by atoms with Gasteiger partial charge in [-0.2, -0.15) is 0 Å². The zero-order valence-corrected chi connectivity index (χ0v) is 22.2. The van der Waals surface area contributed by atoms with Gasteiger partial charge < -0.3 is 18.9 Å². The lowest BCUT2D eigenvalue weighted by Crippen LogP contribution is -2.32. The molecule has 3 aromatic carbocycles. The number of amides is 2. The molecule has 0 bridgehead atoms. The van der Waals surface area contributed by atoms with Crippen LogP contribution in [0.3, 0.4) is 0 Å².